The van der Waals surface area contributed by atoms with Gasteiger partial charge in [-0.2, -0.15) is 0 Å². The van der Waals surface area contributed by atoms with Crippen molar-refractivity contribution in [3.05, 3.63) is 121 Å². The first-order valence-electron chi connectivity index (χ1n) is 9.38. The molecule has 0 spiro atoms. The zero-order chi connectivity index (χ0) is 20.3. The zero-order valence-corrected chi connectivity index (χ0v) is 16.9. The highest BCUT2D eigenvalue weighted by Gasteiger charge is 2.50. The minimum Gasteiger partial charge on any atom is -0.237 e. The minimum atomic E-state index is -2.41. The number of hydrogen-bond donors (Lipinski definition) is 0. The lowest BCUT2D eigenvalue weighted by molar-refractivity contribution is 0.628. The van der Waals surface area contributed by atoms with Gasteiger partial charge in [-0.15, -0.1) is 0 Å². The van der Waals surface area contributed by atoms with E-state index >= 15 is 0 Å². The van der Waals surface area contributed by atoms with Gasteiger partial charge < -0.3 is 0 Å². The SMILES string of the molecule is CN(c1cccc(F)c1)[P+](c1ccccc1)(c1ccccc1)c1ccc(F)cc1. The molecule has 0 heterocycles. The van der Waals surface area contributed by atoms with E-state index in [1.165, 1.54) is 18.2 Å². The topological polar surface area (TPSA) is 3.24 Å². The number of hydrogen-bond acceptors (Lipinski definition) is 1. The van der Waals surface area contributed by atoms with Gasteiger partial charge in [0.05, 0.1) is 5.69 Å². The number of rotatable bonds is 5. The van der Waals surface area contributed by atoms with Crippen LogP contribution in [0.1, 0.15) is 0 Å². The summed E-state index contributed by atoms with van der Waals surface area (Å²) in [4.78, 5) is 0. The first-order valence-corrected chi connectivity index (χ1v) is 11.1. The Labute approximate surface area is 170 Å². The molecule has 144 valence electrons. The number of benzene rings is 4. The molecule has 0 unspecified atom stereocenters. The van der Waals surface area contributed by atoms with Gasteiger partial charge in [0.25, 0.3) is 0 Å². The van der Waals surface area contributed by atoms with Crippen molar-refractivity contribution in [1.29, 1.82) is 0 Å². The first kappa shape index (κ1) is 19.3. The molecule has 4 aromatic rings. The van der Waals surface area contributed by atoms with Gasteiger partial charge in [0.2, 0.25) is 7.41 Å². The van der Waals surface area contributed by atoms with Crippen molar-refractivity contribution < 1.29 is 8.78 Å². The van der Waals surface area contributed by atoms with E-state index in [1.807, 2.05) is 61.6 Å². The van der Waals surface area contributed by atoms with Crippen LogP contribution in [0.15, 0.2) is 109 Å². The van der Waals surface area contributed by atoms with E-state index in [-0.39, 0.29) is 11.6 Å². The molecular weight excluding hydrogens is 383 g/mol. The van der Waals surface area contributed by atoms with E-state index in [0.717, 1.165) is 21.6 Å². The Morgan fingerprint density at radius 3 is 1.59 bits per heavy atom. The van der Waals surface area contributed by atoms with Crippen LogP contribution < -0.4 is 20.6 Å². The van der Waals surface area contributed by atoms with E-state index < -0.39 is 7.41 Å². The van der Waals surface area contributed by atoms with Crippen LogP contribution in [0.5, 0.6) is 0 Å². The lowest BCUT2D eigenvalue weighted by Gasteiger charge is -2.35. The molecule has 0 aliphatic carbocycles. The van der Waals surface area contributed by atoms with Crippen LogP contribution in [-0.4, -0.2) is 7.05 Å². The summed E-state index contributed by atoms with van der Waals surface area (Å²) in [6.07, 6.45) is 0. The fraction of sp³-hybridized carbons (Fsp3) is 0.0400. The Bertz CT molecular complexity index is 1040. The van der Waals surface area contributed by atoms with Crippen molar-refractivity contribution in [2.75, 3.05) is 11.7 Å². The quantitative estimate of drug-likeness (QED) is 0.408. The smallest absolute Gasteiger partial charge is 0.202 e. The third kappa shape index (κ3) is 3.54. The zero-order valence-electron chi connectivity index (χ0n) is 16.0. The molecule has 0 aliphatic rings. The Balaban J connectivity index is 2.07. The minimum absolute atomic E-state index is 0.276. The molecule has 0 saturated carbocycles. The molecule has 4 rings (SSSR count). The largest absolute Gasteiger partial charge is 0.237 e. The molecule has 0 fully saturated rings. The van der Waals surface area contributed by atoms with Gasteiger partial charge in [0.1, 0.15) is 27.5 Å². The van der Waals surface area contributed by atoms with Gasteiger partial charge in [0.15, 0.2) is 0 Å². The second-order valence-electron chi connectivity index (χ2n) is 6.79. The van der Waals surface area contributed by atoms with Crippen LogP contribution in [0.2, 0.25) is 0 Å². The standard InChI is InChI=1S/C25H21F2NP/c1-28(22-10-8-9-21(27)19-22)29(23-11-4-2-5-12-23,24-13-6-3-7-14-24)25-17-15-20(26)16-18-25/h2-19H,1H3/q+1. The summed E-state index contributed by atoms with van der Waals surface area (Å²) in [5.74, 6) is -0.561. The molecule has 0 aliphatic heterocycles. The lowest BCUT2D eigenvalue weighted by Crippen LogP contribution is -2.41. The van der Waals surface area contributed by atoms with E-state index in [4.69, 9.17) is 0 Å². The molecule has 0 aromatic heterocycles. The van der Waals surface area contributed by atoms with Gasteiger partial charge in [-0.25, -0.2) is 13.5 Å². The summed E-state index contributed by atoms with van der Waals surface area (Å²) in [5, 5.41) is 3.23. The number of halogens is 2. The fourth-order valence-corrected chi connectivity index (χ4v) is 7.95. The van der Waals surface area contributed by atoms with Gasteiger partial charge in [-0.3, -0.25) is 0 Å². The van der Waals surface area contributed by atoms with Crippen LogP contribution in [0.4, 0.5) is 14.5 Å². The van der Waals surface area contributed by atoms with E-state index in [0.29, 0.717) is 0 Å². The van der Waals surface area contributed by atoms with Crippen molar-refractivity contribution in [3.8, 4) is 0 Å². The van der Waals surface area contributed by atoms with Crippen LogP contribution in [0.3, 0.4) is 0 Å². The highest BCUT2D eigenvalue weighted by Crippen LogP contribution is 2.59. The summed E-state index contributed by atoms with van der Waals surface area (Å²) in [5.41, 5.74) is 0.773. The Kier molecular flexibility index (Phi) is 5.42. The van der Waals surface area contributed by atoms with Gasteiger partial charge in [0, 0.05) is 13.1 Å². The number of nitrogens with zero attached hydrogens (tertiary/aromatic N) is 1. The molecule has 0 saturated heterocycles. The monoisotopic (exact) mass is 404 g/mol. The second-order valence-corrected chi connectivity index (χ2v) is 10.2. The highest BCUT2D eigenvalue weighted by atomic mass is 31.2. The molecule has 1 nitrogen and oxygen atoms in total. The molecule has 29 heavy (non-hydrogen) atoms. The highest BCUT2D eigenvalue weighted by molar-refractivity contribution is 7.96. The van der Waals surface area contributed by atoms with Crippen LogP contribution >= 0.6 is 7.41 Å². The third-order valence-electron chi connectivity index (χ3n) is 5.09. The average molecular weight is 404 g/mol. The molecule has 0 radical (unpaired) electrons. The molecular formula is C25H21F2NP+. The number of anilines is 1. The first-order chi connectivity index (χ1) is 14.1. The molecule has 4 heteroatoms. The molecule has 4 aromatic carbocycles. The summed E-state index contributed by atoms with van der Waals surface area (Å²) in [6.45, 7) is 0. The maximum Gasteiger partial charge on any atom is 0.202 e. The van der Waals surface area contributed by atoms with Crippen molar-refractivity contribution in [1.82, 2.24) is 0 Å². The van der Waals surface area contributed by atoms with E-state index in [9.17, 15) is 8.78 Å². The normalized spacial score (nSPS) is 11.3. The average Bonchev–Trinajstić information content (AvgIpc) is 2.77. The van der Waals surface area contributed by atoms with Gasteiger partial charge >= 0.3 is 0 Å². The summed E-state index contributed by atoms with van der Waals surface area (Å²) in [7, 11) is -0.414. The summed E-state index contributed by atoms with van der Waals surface area (Å²) < 4.78 is 30.1. The maximum absolute atomic E-state index is 14.1. The summed E-state index contributed by atoms with van der Waals surface area (Å²) in [6, 6.07) is 33.7. The molecule has 0 atom stereocenters. The third-order valence-corrected chi connectivity index (χ3v) is 9.36. The van der Waals surface area contributed by atoms with Crippen molar-refractivity contribution >= 4 is 29.0 Å². The van der Waals surface area contributed by atoms with Crippen molar-refractivity contribution in [2.24, 2.45) is 0 Å². The Hall–Kier alpha value is -3.03. The van der Waals surface area contributed by atoms with Crippen LogP contribution in [0.25, 0.3) is 0 Å². The van der Waals surface area contributed by atoms with Crippen LogP contribution in [0, 0.1) is 11.6 Å². The van der Waals surface area contributed by atoms with Crippen molar-refractivity contribution in [3.63, 3.8) is 0 Å². The maximum atomic E-state index is 14.1. The molecule has 0 bridgehead atoms. The van der Waals surface area contributed by atoms with E-state index in [1.54, 1.807) is 12.1 Å². The summed E-state index contributed by atoms with van der Waals surface area (Å²) >= 11 is 0. The van der Waals surface area contributed by atoms with Gasteiger partial charge in [-0.1, -0.05) is 42.5 Å². The Morgan fingerprint density at radius 1 is 0.552 bits per heavy atom. The van der Waals surface area contributed by atoms with E-state index in [2.05, 4.69) is 28.9 Å². The van der Waals surface area contributed by atoms with Crippen molar-refractivity contribution in [2.45, 2.75) is 0 Å². The molecule has 0 N–H and O–H groups in total. The molecule has 0 amide bonds. The lowest BCUT2D eigenvalue weighted by atomic mass is 10.3. The predicted octanol–water partition coefficient (Wildman–Crippen LogP) is 5.31. The predicted molar refractivity (Wildman–Crippen MR) is 120 cm³/mol. The second kappa shape index (κ2) is 8.14. The van der Waals surface area contributed by atoms with Gasteiger partial charge in [-0.05, 0) is 60.7 Å². The fourth-order valence-electron chi connectivity index (χ4n) is 3.76. The Morgan fingerprint density at radius 2 is 1.07 bits per heavy atom. The van der Waals surface area contributed by atoms with Crippen LogP contribution in [-0.2, 0) is 0 Å².